The van der Waals surface area contributed by atoms with E-state index in [4.69, 9.17) is 14.4 Å². The number of aromatic nitrogens is 4. The number of hydrogen-bond donors (Lipinski definition) is 0. The van der Waals surface area contributed by atoms with Crippen LogP contribution < -0.4 is 0 Å². The SMILES string of the molecule is CC1(C)CCC(C)(C)c2cc3c(cc21)c1c2c4c5ccccc5ccc4n(-c4ccccc4)c2ccc1n3-c1nc(-c2ccc3c(c2)C(C)(C)c2ccccc2-3)c2oc3ccccc3c2n1. The van der Waals surface area contributed by atoms with Crippen molar-refractivity contribution < 1.29 is 4.42 Å². The second-order valence-corrected chi connectivity index (χ2v) is 20.8. The van der Waals surface area contributed by atoms with Crippen molar-refractivity contribution in [2.75, 3.05) is 0 Å². The second kappa shape index (κ2) is 12.9. The number of nitrogens with zero attached hydrogens (tertiary/aromatic N) is 4. The molecule has 0 unspecified atom stereocenters. The summed E-state index contributed by atoms with van der Waals surface area (Å²) in [5.74, 6) is 0.635. The maximum atomic E-state index is 6.80. The molecule has 0 spiro atoms. The number of hydrogen-bond acceptors (Lipinski definition) is 3. The molecule has 12 aromatic rings. The smallest absolute Gasteiger partial charge is 0.236 e. The molecule has 0 aliphatic heterocycles. The third-order valence-corrected chi connectivity index (χ3v) is 15.8. The summed E-state index contributed by atoms with van der Waals surface area (Å²) in [5.41, 5.74) is 17.7. The van der Waals surface area contributed by atoms with Gasteiger partial charge < -0.3 is 8.98 Å². The van der Waals surface area contributed by atoms with Gasteiger partial charge in [-0.15, -0.1) is 0 Å². The molecule has 0 fully saturated rings. The Morgan fingerprint density at radius 1 is 0.470 bits per heavy atom. The molecule has 4 heterocycles. The van der Waals surface area contributed by atoms with Gasteiger partial charge in [-0.3, -0.25) is 4.57 Å². The van der Waals surface area contributed by atoms with Crippen molar-refractivity contribution in [2.24, 2.45) is 0 Å². The van der Waals surface area contributed by atoms with Crippen molar-refractivity contribution in [3.63, 3.8) is 0 Å². The summed E-state index contributed by atoms with van der Waals surface area (Å²) in [6, 6.07) is 58.0. The molecule has 2 aliphatic carbocycles. The highest BCUT2D eigenvalue weighted by atomic mass is 16.3. The Morgan fingerprint density at radius 2 is 1.11 bits per heavy atom. The van der Waals surface area contributed by atoms with Gasteiger partial charge in [0.2, 0.25) is 5.95 Å². The van der Waals surface area contributed by atoms with Gasteiger partial charge >= 0.3 is 0 Å². The first-order valence-corrected chi connectivity index (χ1v) is 23.5. The van der Waals surface area contributed by atoms with Gasteiger partial charge in [-0.2, -0.15) is 0 Å². The monoisotopic (exact) mass is 852 g/mol. The lowest BCUT2D eigenvalue weighted by Gasteiger charge is -2.42. The van der Waals surface area contributed by atoms with Crippen molar-refractivity contribution >= 4 is 76.5 Å². The minimum absolute atomic E-state index is 0.00535. The molecule has 0 bridgehead atoms. The fourth-order valence-electron chi connectivity index (χ4n) is 12.2. The van der Waals surface area contributed by atoms with Crippen LogP contribution in [0.4, 0.5) is 0 Å². The summed E-state index contributed by atoms with van der Waals surface area (Å²) in [7, 11) is 0. The minimum atomic E-state index is -0.175. The second-order valence-electron chi connectivity index (χ2n) is 20.8. The molecule has 0 saturated heterocycles. The molecule has 66 heavy (non-hydrogen) atoms. The van der Waals surface area contributed by atoms with Gasteiger partial charge in [-0.25, -0.2) is 9.97 Å². The Hall–Kier alpha value is -7.50. The maximum absolute atomic E-state index is 6.80. The van der Waals surface area contributed by atoms with E-state index in [1.165, 1.54) is 76.7 Å². The highest BCUT2D eigenvalue weighted by molar-refractivity contribution is 6.33. The van der Waals surface area contributed by atoms with Gasteiger partial charge in [-0.05, 0) is 128 Å². The lowest BCUT2D eigenvalue weighted by molar-refractivity contribution is 0.332. The summed E-state index contributed by atoms with van der Waals surface area (Å²) in [4.78, 5) is 11.3. The standard InChI is InChI=1S/C61H48N4O/c1-59(2)30-31-60(3,4)46-34-50-42(33-45(46)59)53-48(28-29-49-54(53)52-38-19-11-10-16-35(38)25-27-47(52)64(49)37-17-8-7-9-18-37)65(50)58-62-55(57-56(63-58)41-21-13-15-23-51(41)66-57)36-24-26-40-39-20-12-14-22-43(39)61(5,6)44(40)32-36/h7-29,32-34H,30-31H2,1-6H3. The van der Waals surface area contributed by atoms with Crippen LogP contribution in [0.1, 0.15) is 76.6 Å². The van der Waals surface area contributed by atoms with Crippen LogP contribution in [0.3, 0.4) is 0 Å². The van der Waals surface area contributed by atoms with E-state index in [9.17, 15) is 0 Å². The first kappa shape index (κ1) is 37.8. The Bertz CT molecular complexity index is 4080. The van der Waals surface area contributed by atoms with E-state index in [2.05, 4.69) is 196 Å². The molecule has 5 heteroatoms. The van der Waals surface area contributed by atoms with Crippen LogP contribution in [-0.2, 0) is 16.2 Å². The average Bonchev–Trinajstić information content (AvgIpc) is 4.05. The van der Waals surface area contributed by atoms with Crippen LogP contribution in [-0.4, -0.2) is 19.1 Å². The predicted molar refractivity (Wildman–Crippen MR) is 274 cm³/mol. The first-order valence-electron chi connectivity index (χ1n) is 23.5. The number of rotatable bonds is 3. The normalized spacial score (nSPS) is 16.0. The van der Waals surface area contributed by atoms with Crippen LogP contribution in [0.2, 0.25) is 0 Å². The fraction of sp³-hybridized carbons (Fsp3) is 0.180. The minimum Gasteiger partial charge on any atom is -0.452 e. The largest absolute Gasteiger partial charge is 0.452 e. The quantitative estimate of drug-likeness (QED) is 0.178. The summed E-state index contributed by atoms with van der Waals surface area (Å²) in [5, 5.41) is 8.40. The van der Waals surface area contributed by atoms with Crippen LogP contribution >= 0.6 is 0 Å². The Kier molecular flexibility index (Phi) is 7.37. The van der Waals surface area contributed by atoms with Crippen molar-refractivity contribution in [3.05, 3.63) is 180 Å². The van der Waals surface area contributed by atoms with Gasteiger partial charge in [-0.1, -0.05) is 139 Å². The summed E-state index contributed by atoms with van der Waals surface area (Å²) in [6.45, 7) is 14.4. The van der Waals surface area contributed by atoms with Gasteiger partial charge in [0.1, 0.15) is 16.8 Å². The zero-order valence-electron chi connectivity index (χ0n) is 38.1. The van der Waals surface area contributed by atoms with E-state index in [0.717, 1.165) is 57.3 Å². The molecule has 5 nitrogen and oxygen atoms in total. The van der Waals surface area contributed by atoms with E-state index in [1.807, 2.05) is 12.1 Å². The van der Waals surface area contributed by atoms with E-state index in [-0.39, 0.29) is 16.2 Å². The van der Waals surface area contributed by atoms with Crippen molar-refractivity contribution in [2.45, 2.75) is 70.6 Å². The number of benzene rings is 8. The van der Waals surface area contributed by atoms with Crippen molar-refractivity contribution in [1.82, 2.24) is 19.1 Å². The molecular weight excluding hydrogens is 805 g/mol. The molecule has 14 rings (SSSR count). The molecule has 2 aliphatic rings. The zero-order valence-corrected chi connectivity index (χ0v) is 38.1. The van der Waals surface area contributed by atoms with Crippen LogP contribution in [0.25, 0.3) is 110 Å². The number of furan rings is 1. The molecule has 0 radical (unpaired) electrons. The summed E-state index contributed by atoms with van der Waals surface area (Å²) < 4.78 is 11.6. The highest BCUT2D eigenvalue weighted by Gasteiger charge is 2.39. The van der Waals surface area contributed by atoms with Gasteiger partial charge in [0, 0.05) is 43.6 Å². The molecule has 8 aromatic carbocycles. The maximum Gasteiger partial charge on any atom is 0.236 e. The summed E-state index contributed by atoms with van der Waals surface area (Å²) in [6.07, 6.45) is 2.25. The van der Waals surface area contributed by atoms with E-state index >= 15 is 0 Å². The van der Waals surface area contributed by atoms with Gasteiger partial charge in [0.15, 0.2) is 5.58 Å². The summed E-state index contributed by atoms with van der Waals surface area (Å²) >= 11 is 0. The zero-order chi connectivity index (χ0) is 44.4. The van der Waals surface area contributed by atoms with Crippen molar-refractivity contribution in [3.8, 4) is 34.0 Å². The van der Waals surface area contributed by atoms with Crippen LogP contribution in [0.15, 0.2) is 162 Å². The number of para-hydroxylation sites is 2. The van der Waals surface area contributed by atoms with E-state index in [0.29, 0.717) is 11.5 Å². The Balaban J connectivity index is 1.15. The number of fused-ring (bicyclic) bond motifs is 16. The first-order chi connectivity index (χ1) is 32.0. The van der Waals surface area contributed by atoms with Crippen LogP contribution in [0, 0.1) is 0 Å². The topological polar surface area (TPSA) is 48.8 Å². The third-order valence-electron chi connectivity index (χ3n) is 15.8. The molecule has 0 saturated carbocycles. The molecular formula is C61H48N4O. The predicted octanol–water partition coefficient (Wildman–Crippen LogP) is 16.0. The molecule has 0 atom stereocenters. The van der Waals surface area contributed by atoms with E-state index in [1.54, 1.807) is 0 Å². The molecule has 0 amide bonds. The Labute approximate surface area is 383 Å². The van der Waals surface area contributed by atoms with Gasteiger partial charge in [0.05, 0.1) is 22.1 Å². The van der Waals surface area contributed by atoms with Crippen molar-refractivity contribution in [1.29, 1.82) is 0 Å². The lowest BCUT2D eigenvalue weighted by atomic mass is 9.63. The lowest BCUT2D eigenvalue weighted by Crippen LogP contribution is -2.33. The Morgan fingerprint density at radius 3 is 1.92 bits per heavy atom. The molecule has 318 valence electrons. The average molecular weight is 853 g/mol. The molecule has 0 N–H and O–H groups in total. The van der Waals surface area contributed by atoms with E-state index < -0.39 is 0 Å². The van der Waals surface area contributed by atoms with Crippen LogP contribution in [0.5, 0.6) is 0 Å². The highest BCUT2D eigenvalue weighted by Crippen LogP contribution is 2.52. The molecule has 4 aromatic heterocycles. The third kappa shape index (κ3) is 4.95. The fourth-order valence-corrected chi connectivity index (χ4v) is 12.2. The van der Waals surface area contributed by atoms with Gasteiger partial charge in [0.25, 0.3) is 0 Å².